The van der Waals surface area contributed by atoms with Crippen molar-refractivity contribution in [3.8, 4) is 11.5 Å². The van der Waals surface area contributed by atoms with Crippen LogP contribution in [-0.4, -0.2) is 58.7 Å². The number of amides is 1. The fourth-order valence-electron chi connectivity index (χ4n) is 3.64. The minimum Gasteiger partial charge on any atom is -0.453 e. The number of carbonyl (C=O) groups excluding carboxylic acids is 1. The van der Waals surface area contributed by atoms with Crippen molar-refractivity contribution in [2.24, 2.45) is 7.05 Å². The van der Waals surface area contributed by atoms with E-state index in [-0.39, 0.29) is 23.1 Å². The second kappa shape index (κ2) is 9.79. The third kappa shape index (κ3) is 5.62. The van der Waals surface area contributed by atoms with E-state index in [1.54, 1.807) is 29.2 Å². The number of benzene rings is 2. The van der Waals surface area contributed by atoms with Gasteiger partial charge >= 0.3 is 6.18 Å². The highest BCUT2D eigenvalue weighted by atomic mass is 19.4. The number of carbonyl (C=O) groups is 1. The maximum atomic E-state index is 13.1. The number of hydrogen-bond donors (Lipinski definition) is 1. The van der Waals surface area contributed by atoms with E-state index >= 15 is 0 Å². The Hall–Kier alpha value is -3.86. The molecule has 184 valence electrons. The zero-order chi connectivity index (χ0) is 25.2. The molecule has 1 aliphatic rings. The first-order chi connectivity index (χ1) is 16.6. The van der Waals surface area contributed by atoms with Crippen LogP contribution in [0.2, 0.25) is 0 Å². The minimum absolute atomic E-state index is 0.0240. The van der Waals surface area contributed by atoms with Gasteiger partial charge in [0.15, 0.2) is 11.4 Å². The van der Waals surface area contributed by atoms with Crippen LogP contribution in [0.25, 0.3) is 0 Å². The summed E-state index contributed by atoms with van der Waals surface area (Å²) >= 11 is 0. The first kappa shape index (κ1) is 24.3. The lowest BCUT2D eigenvalue weighted by Gasteiger charge is -2.32. The molecular weight excluding hydrogens is 463 g/mol. The molecule has 1 saturated heterocycles. The summed E-state index contributed by atoms with van der Waals surface area (Å²) in [7, 11) is 3.44. The molecule has 3 aromatic rings. The minimum atomic E-state index is -4.54. The highest BCUT2D eigenvalue weighted by Gasteiger charge is 2.30. The van der Waals surface area contributed by atoms with Gasteiger partial charge in [0.1, 0.15) is 5.75 Å². The van der Waals surface area contributed by atoms with Gasteiger partial charge in [-0.2, -0.15) is 18.3 Å². The number of nitrogens with one attached hydrogen (secondary N) is 1. The Kier molecular flexibility index (Phi) is 6.79. The van der Waals surface area contributed by atoms with Gasteiger partial charge in [-0.05, 0) is 43.4 Å². The van der Waals surface area contributed by atoms with Crippen molar-refractivity contribution in [1.29, 1.82) is 0 Å². The van der Waals surface area contributed by atoms with Crippen molar-refractivity contribution in [3.63, 3.8) is 0 Å². The van der Waals surface area contributed by atoms with Crippen molar-refractivity contribution in [2.75, 3.05) is 38.5 Å². The molecule has 8 nitrogen and oxygen atoms in total. The monoisotopic (exact) mass is 487 g/mol. The van der Waals surface area contributed by atoms with Crippen molar-refractivity contribution < 1.29 is 22.7 Å². The van der Waals surface area contributed by atoms with E-state index in [4.69, 9.17) is 4.74 Å². The van der Waals surface area contributed by atoms with E-state index in [0.717, 1.165) is 29.9 Å². The molecule has 2 heterocycles. The van der Waals surface area contributed by atoms with E-state index in [9.17, 15) is 22.8 Å². The summed E-state index contributed by atoms with van der Waals surface area (Å²) in [6.07, 6.45) is -3.30. The number of aromatic nitrogens is 2. The highest BCUT2D eigenvalue weighted by Crippen LogP contribution is 2.34. The normalized spacial score (nSPS) is 14.6. The molecule has 4 rings (SSSR count). The second-order valence-electron chi connectivity index (χ2n) is 8.24. The molecule has 0 aliphatic carbocycles. The molecule has 0 unspecified atom stereocenters. The zero-order valence-corrected chi connectivity index (χ0v) is 19.2. The Bertz CT molecular complexity index is 1280. The van der Waals surface area contributed by atoms with Gasteiger partial charge in [-0.1, -0.05) is 12.1 Å². The molecule has 0 saturated carbocycles. The van der Waals surface area contributed by atoms with E-state index in [1.165, 1.54) is 25.4 Å². The Morgan fingerprint density at radius 3 is 2.46 bits per heavy atom. The summed E-state index contributed by atoms with van der Waals surface area (Å²) in [6, 6.07) is 11.0. The molecule has 0 radical (unpaired) electrons. The lowest BCUT2D eigenvalue weighted by Crippen LogP contribution is -2.47. The fraction of sp³-hybridized carbons (Fsp3) is 0.292. The number of halogens is 3. The molecule has 1 aliphatic heterocycles. The third-order valence-electron chi connectivity index (χ3n) is 5.66. The van der Waals surface area contributed by atoms with Gasteiger partial charge in [0.25, 0.3) is 11.5 Å². The van der Waals surface area contributed by atoms with E-state index < -0.39 is 17.3 Å². The standard InChI is InChI=1S/C24H24F3N5O3/c1-30-9-11-32(12-10-30)22(33)16-5-3-7-18(13-16)29-21-20(15-28-31(2)23(21)34)35-19-8-4-6-17(14-19)24(25,26)27/h3-8,13-15,29H,9-12H2,1-2H3. The predicted octanol–water partition coefficient (Wildman–Crippen LogP) is 3.72. The van der Waals surface area contributed by atoms with Crippen LogP contribution in [-0.2, 0) is 13.2 Å². The van der Waals surface area contributed by atoms with Crippen LogP contribution in [0.15, 0.2) is 59.5 Å². The number of nitrogens with zero attached hydrogens (tertiary/aromatic N) is 4. The first-order valence-electron chi connectivity index (χ1n) is 10.9. The smallest absolute Gasteiger partial charge is 0.416 e. The number of aryl methyl sites for hydroxylation is 1. The van der Waals surface area contributed by atoms with Crippen LogP contribution >= 0.6 is 0 Å². The molecule has 35 heavy (non-hydrogen) atoms. The number of hydrogen-bond acceptors (Lipinski definition) is 6. The maximum Gasteiger partial charge on any atom is 0.416 e. The SMILES string of the molecule is CN1CCN(C(=O)c2cccc(Nc3c(Oc4cccc(C(F)(F)F)c4)cnn(C)c3=O)c2)CC1. The summed E-state index contributed by atoms with van der Waals surface area (Å²) in [5.74, 6) is -0.273. The molecular formula is C24H24F3N5O3. The number of likely N-dealkylation sites (N-methyl/N-ethyl adjacent to an activating group) is 1. The fourth-order valence-corrected chi connectivity index (χ4v) is 3.64. The zero-order valence-electron chi connectivity index (χ0n) is 19.2. The van der Waals surface area contributed by atoms with Crippen LogP contribution in [0.3, 0.4) is 0 Å². The predicted molar refractivity (Wildman–Crippen MR) is 124 cm³/mol. The van der Waals surface area contributed by atoms with E-state index in [1.807, 2.05) is 7.05 Å². The molecule has 0 atom stereocenters. The highest BCUT2D eigenvalue weighted by molar-refractivity contribution is 5.95. The Balaban J connectivity index is 1.61. The van der Waals surface area contributed by atoms with Crippen molar-refractivity contribution in [3.05, 3.63) is 76.2 Å². The van der Waals surface area contributed by atoms with Gasteiger partial charge in [-0.25, -0.2) is 4.68 Å². The van der Waals surface area contributed by atoms with Crippen molar-refractivity contribution in [2.45, 2.75) is 6.18 Å². The molecule has 0 spiro atoms. The Labute approximate surface area is 199 Å². The number of ether oxygens (including phenoxy) is 1. The molecule has 11 heteroatoms. The van der Waals surface area contributed by atoms with Crippen LogP contribution in [0.5, 0.6) is 11.5 Å². The number of piperazine rings is 1. The lowest BCUT2D eigenvalue weighted by atomic mass is 10.1. The molecule has 1 fully saturated rings. The topological polar surface area (TPSA) is 79.7 Å². The summed E-state index contributed by atoms with van der Waals surface area (Å²) in [5.41, 5.74) is -0.557. The van der Waals surface area contributed by atoms with Gasteiger partial charge in [0, 0.05) is 44.5 Å². The number of rotatable bonds is 5. The molecule has 2 aromatic carbocycles. The maximum absolute atomic E-state index is 13.1. The number of alkyl halides is 3. The average molecular weight is 487 g/mol. The van der Waals surface area contributed by atoms with Crippen LogP contribution in [0.1, 0.15) is 15.9 Å². The van der Waals surface area contributed by atoms with Gasteiger partial charge in [0.2, 0.25) is 0 Å². The first-order valence-corrected chi connectivity index (χ1v) is 10.9. The van der Waals surface area contributed by atoms with Gasteiger partial charge in [0.05, 0.1) is 11.8 Å². The van der Waals surface area contributed by atoms with Crippen molar-refractivity contribution >= 4 is 17.3 Å². The molecule has 1 aromatic heterocycles. The Morgan fingerprint density at radius 2 is 1.74 bits per heavy atom. The second-order valence-corrected chi connectivity index (χ2v) is 8.24. The van der Waals surface area contributed by atoms with Crippen molar-refractivity contribution in [1.82, 2.24) is 19.6 Å². The largest absolute Gasteiger partial charge is 0.453 e. The van der Waals surface area contributed by atoms with E-state index in [0.29, 0.717) is 24.3 Å². The summed E-state index contributed by atoms with van der Waals surface area (Å²) < 4.78 is 45.9. The van der Waals surface area contributed by atoms with Gasteiger partial charge in [-0.3, -0.25) is 9.59 Å². The summed E-state index contributed by atoms with van der Waals surface area (Å²) in [4.78, 5) is 29.7. The lowest BCUT2D eigenvalue weighted by molar-refractivity contribution is -0.137. The van der Waals surface area contributed by atoms with Crippen LogP contribution in [0.4, 0.5) is 24.5 Å². The summed E-state index contributed by atoms with van der Waals surface area (Å²) in [5, 5.41) is 6.87. The molecule has 1 N–H and O–H groups in total. The molecule has 0 bridgehead atoms. The average Bonchev–Trinajstić information content (AvgIpc) is 2.83. The quantitative estimate of drug-likeness (QED) is 0.591. The molecule has 1 amide bonds. The Morgan fingerprint density at radius 1 is 1.03 bits per heavy atom. The van der Waals surface area contributed by atoms with Crippen LogP contribution in [0, 0.1) is 0 Å². The van der Waals surface area contributed by atoms with Gasteiger partial charge in [-0.15, -0.1) is 0 Å². The van der Waals surface area contributed by atoms with Gasteiger partial charge < -0.3 is 19.9 Å². The van der Waals surface area contributed by atoms with E-state index in [2.05, 4.69) is 15.3 Å². The summed E-state index contributed by atoms with van der Waals surface area (Å²) in [6.45, 7) is 2.81. The van der Waals surface area contributed by atoms with Crippen LogP contribution < -0.4 is 15.6 Å². The number of anilines is 2. The third-order valence-corrected chi connectivity index (χ3v) is 5.66.